The minimum atomic E-state index is -0.102. The molecule has 2 atom stereocenters. The minimum Gasteiger partial charge on any atom is -0.348 e. The summed E-state index contributed by atoms with van der Waals surface area (Å²) in [5.74, 6) is -0.0106. The van der Waals surface area contributed by atoms with Crippen LogP contribution in [0.5, 0.6) is 0 Å². The van der Waals surface area contributed by atoms with Crippen molar-refractivity contribution >= 4 is 17.2 Å². The van der Waals surface area contributed by atoms with E-state index in [0.717, 1.165) is 19.3 Å². The molecule has 3 N–H and O–H groups in total. The number of hydrogen-bond donors (Lipinski definition) is 2. The van der Waals surface area contributed by atoms with Crippen LogP contribution in [0.25, 0.3) is 0 Å². The molecule has 1 amide bonds. The van der Waals surface area contributed by atoms with Gasteiger partial charge in [-0.1, -0.05) is 40.2 Å². The second-order valence-corrected chi connectivity index (χ2v) is 7.54. The molecule has 114 valence electrons. The van der Waals surface area contributed by atoms with Gasteiger partial charge in [0.1, 0.15) is 0 Å². The molecule has 0 aromatic carbocycles. The lowest BCUT2D eigenvalue weighted by Crippen LogP contribution is -2.38. The predicted octanol–water partition coefficient (Wildman–Crippen LogP) is 3.72. The topological polar surface area (TPSA) is 55.1 Å². The first-order valence-corrected chi connectivity index (χ1v) is 8.29. The quantitative estimate of drug-likeness (QED) is 0.805. The van der Waals surface area contributed by atoms with Gasteiger partial charge in [-0.15, -0.1) is 11.3 Å². The van der Waals surface area contributed by atoms with E-state index >= 15 is 0 Å². The first kappa shape index (κ1) is 17.2. The first-order valence-electron chi connectivity index (χ1n) is 7.41. The Bertz CT molecular complexity index is 395. The second kappa shape index (κ2) is 7.79. The van der Waals surface area contributed by atoms with Crippen LogP contribution in [0.2, 0.25) is 0 Å². The smallest absolute Gasteiger partial charge is 0.224 e. The average molecular weight is 296 g/mol. The molecule has 3 nitrogen and oxygen atoms in total. The highest BCUT2D eigenvalue weighted by atomic mass is 32.1. The zero-order valence-corrected chi connectivity index (χ0v) is 13.9. The molecule has 0 radical (unpaired) electrons. The van der Waals surface area contributed by atoms with Crippen molar-refractivity contribution in [1.82, 2.24) is 5.32 Å². The zero-order valence-electron chi connectivity index (χ0n) is 13.1. The Kier molecular flexibility index (Phi) is 6.69. The third-order valence-corrected chi connectivity index (χ3v) is 4.28. The summed E-state index contributed by atoms with van der Waals surface area (Å²) in [7, 11) is 0. The van der Waals surface area contributed by atoms with Crippen LogP contribution in [0.3, 0.4) is 0 Å². The largest absolute Gasteiger partial charge is 0.348 e. The SMILES string of the molecule is CCCC(NC(=O)C(CN)CC(C)(C)C)c1cccs1. The van der Waals surface area contributed by atoms with Gasteiger partial charge in [0.2, 0.25) is 5.91 Å². The lowest BCUT2D eigenvalue weighted by atomic mass is 9.84. The average Bonchev–Trinajstić information content (AvgIpc) is 2.87. The maximum absolute atomic E-state index is 12.4. The van der Waals surface area contributed by atoms with Crippen molar-refractivity contribution in [2.75, 3.05) is 6.54 Å². The number of rotatable bonds is 7. The van der Waals surface area contributed by atoms with Gasteiger partial charge in [-0.2, -0.15) is 0 Å². The summed E-state index contributed by atoms with van der Waals surface area (Å²) in [5.41, 5.74) is 5.91. The Labute approximate surface area is 127 Å². The Morgan fingerprint density at radius 3 is 2.60 bits per heavy atom. The molecule has 0 spiro atoms. The van der Waals surface area contributed by atoms with Crippen LogP contribution in [0.4, 0.5) is 0 Å². The number of carbonyl (C=O) groups excluding carboxylic acids is 1. The molecule has 1 heterocycles. The van der Waals surface area contributed by atoms with Crippen molar-refractivity contribution in [2.45, 2.75) is 53.0 Å². The molecule has 1 rings (SSSR count). The van der Waals surface area contributed by atoms with E-state index in [1.807, 2.05) is 6.07 Å². The summed E-state index contributed by atoms with van der Waals surface area (Å²) in [6.45, 7) is 8.98. The normalized spacial score (nSPS) is 14.8. The molecule has 0 aliphatic carbocycles. The van der Waals surface area contributed by atoms with Crippen LogP contribution < -0.4 is 11.1 Å². The molecule has 0 saturated carbocycles. The van der Waals surface area contributed by atoms with Crippen molar-refractivity contribution in [2.24, 2.45) is 17.1 Å². The van der Waals surface area contributed by atoms with Gasteiger partial charge in [0.25, 0.3) is 0 Å². The van der Waals surface area contributed by atoms with E-state index in [-0.39, 0.29) is 23.3 Å². The van der Waals surface area contributed by atoms with Crippen molar-refractivity contribution in [3.63, 3.8) is 0 Å². The Morgan fingerprint density at radius 2 is 2.15 bits per heavy atom. The van der Waals surface area contributed by atoms with E-state index in [1.165, 1.54) is 4.88 Å². The molecule has 20 heavy (non-hydrogen) atoms. The molecular formula is C16H28N2OS. The van der Waals surface area contributed by atoms with Gasteiger partial charge in [-0.3, -0.25) is 4.79 Å². The third kappa shape index (κ3) is 5.63. The standard InChI is InChI=1S/C16H28N2OS/c1-5-7-13(14-8-6-9-20-14)18-15(19)12(11-17)10-16(2,3)4/h6,8-9,12-13H,5,7,10-11,17H2,1-4H3,(H,18,19). The van der Waals surface area contributed by atoms with E-state index in [1.54, 1.807) is 11.3 Å². The highest BCUT2D eigenvalue weighted by molar-refractivity contribution is 7.10. The third-order valence-electron chi connectivity index (χ3n) is 3.29. The van der Waals surface area contributed by atoms with Gasteiger partial charge in [0, 0.05) is 11.4 Å². The van der Waals surface area contributed by atoms with Gasteiger partial charge in [0.05, 0.1) is 12.0 Å². The fourth-order valence-corrected chi connectivity index (χ4v) is 3.19. The lowest BCUT2D eigenvalue weighted by molar-refractivity contribution is -0.126. The number of nitrogens with one attached hydrogen (secondary N) is 1. The van der Waals surface area contributed by atoms with E-state index < -0.39 is 0 Å². The van der Waals surface area contributed by atoms with Gasteiger partial charge in [-0.05, 0) is 29.7 Å². The zero-order chi connectivity index (χ0) is 15.2. The maximum Gasteiger partial charge on any atom is 0.224 e. The van der Waals surface area contributed by atoms with Gasteiger partial charge in [-0.25, -0.2) is 0 Å². The van der Waals surface area contributed by atoms with Crippen LogP contribution in [-0.2, 0) is 4.79 Å². The molecule has 0 fully saturated rings. The van der Waals surface area contributed by atoms with Crippen molar-refractivity contribution in [3.05, 3.63) is 22.4 Å². The fourth-order valence-electron chi connectivity index (χ4n) is 2.38. The molecule has 2 unspecified atom stereocenters. The highest BCUT2D eigenvalue weighted by Gasteiger charge is 2.25. The Morgan fingerprint density at radius 1 is 1.45 bits per heavy atom. The lowest BCUT2D eigenvalue weighted by Gasteiger charge is -2.26. The second-order valence-electron chi connectivity index (χ2n) is 6.56. The highest BCUT2D eigenvalue weighted by Crippen LogP contribution is 2.27. The monoisotopic (exact) mass is 296 g/mol. The molecule has 0 aliphatic heterocycles. The fraction of sp³-hybridized carbons (Fsp3) is 0.688. The van der Waals surface area contributed by atoms with Crippen LogP contribution >= 0.6 is 11.3 Å². The predicted molar refractivity (Wildman–Crippen MR) is 86.7 cm³/mol. The van der Waals surface area contributed by atoms with E-state index in [4.69, 9.17) is 5.73 Å². The van der Waals surface area contributed by atoms with E-state index in [2.05, 4.69) is 44.5 Å². The van der Waals surface area contributed by atoms with Crippen LogP contribution in [0.15, 0.2) is 17.5 Å². The minimum absolute atomic E-state index is 0.0919. The molecule has 0 aliphatic rings. The van der Waals surface area contributed by atoms with E-state index in [9.17, 15) is 4.79 Å². The summed E-state index contributed by atoms with van der Waals surface area (Å²) in [6, 6.07) is 4.25. The van der Waals surface area contributed by atoms with Crippen LogP contribution in [0.1, 0.15) is 57.9 Å². The van der Waals surface area contributed by atoms with Crippen molar-refractivity contribution in [3.8, 4) is 0 Å². The van der Waals surface area contributed by atoms with Crippen molar-refractivity contribution < 1.29 is 4.79 Å². The molecule has 0 bridgehead atoms. The molecule has 1 aromatic rings. The number of hydrogen-bond acceptors (Lipinski definition) is 3. The Hall–Kier alpha value is -0.870. The number of thiophene rings is 1. The van der Waals surface area contributed by atoms with E-state index in [0.29, 0.717) is 6.54 Å². The summed E-state index contributed by atoms with van der Waals surface area (Å²) in [5, 5.41) is 5.24. The van der Waals surface area contributed by atoms with Crippen molar-refractivity contribution in [1.29, 1.82) is 0 Å². The van der Waals surface area contributed by atoms with Gasteiger partial charge in [0.15, 0.2) is 0 Å². The maximum atomic E-state index is 12.4. The summed E-state index contributed by atoms with van der Waals surface area (Å²) < 4.78 is 0. The number of nitrogens with two attached hydrogens (primary N) is 1. The number of carbonyl (C=O) groups is 1. The van der Waals surface area contributed by atoms with Gasteiger partial charge >= 0.3 is 0 Å². The summed E-state index contributed by atoms with van der Waals surface area (Å²) >= 11 is 1.70. The number of amides is 1. The molecule has 0 saturated heterocycles. The first-order chi connectivity index (χ1) is 9.37. The molecule has 4 heteroatoms. The Balaban J connectivity index is 2.69. The van der Waals surface area contributed by atoms with Crippen LogP contribution in [0, 0.1) is 11.3 Å². The summed E-state index contributed by atoms with van der Waals surface area (Å²) in [6.07, 6.45) is 2.84. The van der Waals surface area contributed by atoms with Gasteiger partial charge < -0.3 is 11.1 Å². The summed E-state index contributed by atoms with van der Waals surface area (Å²) in [4.78, 5) is 13.7. The molecule has 1 aromatic heterocycles. The molecular weight excluding hydrogens is 268 g/mol. The van der Waals surface area contributed by atoms with Crippen LogP contribution in [-0.4, -0.2) is 12.5 Å².